The van der Waals surface area contributed by atoms with Crippen LogP contribution < -0.4 is 9.62 Å². The summed E-state index contributed by atoms with van der Waals surface area (Å²) < 4.78 is 26.8. The van der Waals surface area contributed by atoms with Gasteiger partial charge in [0.05, 0.1) is 10.6 Å². The summed E-state index contributed by atoms with van der Waals surface area (Å²) in [6.45, 7) is 0. The second kappa shape index (κ2) is 5.83. The van der Waals surface area contributed by atoms with E-state index in [2.05, 4.69) is 5.32 Å². The Bertz CT molecular complexity index is 1050. The van der Waals surface area contributed by atoms with E-state index in [4.69, 9.17) is 0 Å². The Morgan fingerprint density at radius 1 is 1.07 bits per heavy atom. The van der Waals surface area contributed by atoms with E-state index in [0.717, 1.165) is 17.9 Å². The minimum atomic E-state index is -3.56. The molecular weight excluding hydrogens is 360 g/mol. The summed E-state index contributed by atoms with van der Waals surface area (Å²) in [6.07, 6.45) is 4.85. The van der Waals surface area contributed by atoms with E-state index in [1.165, 1.54) is 23.6 Å². The van der Waals surface area contributed by atoms with Crippen molar-refractivity contribution in [1.82, 2.24) is 5.32 Å². The van der Waals surface area contributed by atoms with Crippen LogP contribution in [0.5, 0.6) is 0 Å². The number of benzene rings is 2. The molecule has 3 atom stereocenters. The number of hydrogen-bond donors (Lipinski definition) is 1. The maximum absolute atomic E-state index is 12.8. The Morgan fingerprint density at radius 3 is 2.63 bits per heavy atom. The third-order valence-electron chi connectivity index (χ3n) is 6.47. The molecule has 6 heteroatoms. The van der Waals surface area contributed by atoms with Crippen LogP contribution in [0.2, 0.25) is 0 Å². The maximum atomic E-state index is 12.8. The van der Waals surface area contributed by atoms with E-state index in [0.29, 0.717) is 22.7 Å². The van der Waals surface area contributed by atoms with Crippen LogP contribution in [0.25, 0.3) is 11.1 Å². The molecule has 1 aliphatic heterocycles. The van der Waals surface area contributed by atoms with Crippen molar-refractivity contribution in [1.29, 1.82) is 0 Å². The maximum Gasteiger partial charge on any atom is 0.264 e. The molecule has 1 heterocycles. The van der Waals surface area contributed by atoms with Crippen LogP contribution in [-0.4, -0.2) is 27.4 Å². The van der Waals surface area contributed by atoms with Crippen LogP contribution in [0, 0.1) is 11.8 Å². The van der Waals surface area contributed by atoms with Crippen LogP contribution in [-0.2, 0) is 10.0 Å². The molecule has 140 valence electrons. The number of nitrogens with zero attached hydrogens (tertiary/aromatic N) is 1. The van der Waals surface area contributed by atoms with E-state index in [1.54, 1.807) is 37.4 Å². The number of fused-ring (bicyclic) bond motifs is 5. The lowest BCUT2D eigenvalue weighted by Gasteiger charge is -2.29. The number of sulfonamides is 1. The van der Waals surface area contributed by atoms with E-state index < -0.39 is 10.0 Å². The predicted molar refractivity (Wildman–Crippen MR) is 104 cm³/mol. The zero-order valence-corrected chi connectivity index (χ0v) is 16.0. The highest BCUT2D eigenvalue weighted by molar-refractivity contribution is 7.93. The first kappa shape index (κ1) is 16.8. The summed E-state index contributed by atoms with van der Waals surface area (Å²) in [6, 6.07) is 12.5. The molecule has 2 fully saturated rings. The number of hydrogen-bond acceptors (Lipinski definition) is 3. The van der Waals surface area contributed by atoms with Crippen molar-refractivity contribution in [3.63, 3.8) is 0 Å². The van der Waals surface area contributed by atoms with E-state index in [-0.39, 0.29) is 16.8 Å². The predicted octanol–water partition coefficient (Wildman–Crippen LogP) is 3.41. The second-order valence-corrected chi connectivity index (χ2v) is 9.89. The third-order valence-corrected chi connectivity index (χ3v) is 8.30. The van der Waals surface area contributed by atoms with Gasteiger partial charge in [0.1, 0.15) is 0 Å². The summed E-state index contributed by atoms with van der Waals surface area (Å²) in [5, 5.41) is 3.21. The number of carbonyl (C=O) groups excluding carboxylic acids is 1. The van der Waals surface area contributed by atoms with Gasteiger partial charge >= 0.3 is 0 Å². The zero-order chi connectivity index (χ0) is 18.8. The fraction of sp³-hybridized carbons (Fsp3) is 0.381. The zero-order valence-electron chi connectivity index (χ0n) is 15.2. The quantitative estimate of drug-likeness (QED) is 0.866. The fourth-order valence-electron chi connectivity index (χ4n) is 5.03. The average Bonchev–Trinajstić information content (AvgIpc) is 3.29. The molecule has 0 saturated heterocycles. The lowest BCUT2D eigenvalue weighted by Crippen LogP contribution is -2.38. The van der Waals surface area contributed by atoms with Gasteiger partial charge in [-0.2, -0.15) is 0 Å². The van der Waals surface area contributed by atoms with Gasteiger partial charge in [-0.15, -0.1) is 0 Å². The highest BCUT2D eigenvalue weighted by Crippen LogP contribution is 2.45. The third kappa shape index (κ3) is 2.50. The van der Waals surface area contributed by atoms with Crippen molar-refractivity contribution in [3.05, 3.63) is 48.0 Å². The number of carbonyl (C=O) groups is 1. The SMILES string of the molecule is CN1c2ccc(C(=O)N[C@H]3C[C@H]4CC[C@H]3C4)cc2-c2ccccc2S1(=O)=O. The van der Waals surface area contributed by atoms with Crippen LogP contribution in [0.3, 0.4) is 0 Å². The minimum Gasteiger partial charge on any atom is -0.349 e. The molecule has 1 N–H and O–H groups in total. The molecule has 27 heavy (non-hydrogen) atoms. The summed E-state index contributed by atoms with van der Waals surface area (Å²) >= 11 is 0. The molecule has 1 amide bonds. The molecule has 2 aromatic rings. The second-order valence-electron chi connectivity index (χ2n) is 7.96. The first-order valence-electron chi connectivity index (χ1n) is 9.48. The standard InChI is InChI=1S/C21H22N2O3S/c1-23-19-9-8-15(21(24)22-18-11-13-6-7-14(18)10-13)12-17(19)16-4-2-3-5-20(16)27(23,25)26/h2-5,8-9,12-14,18H,6-7,10-11H2,1H3,(H,22,24)/t13-,14-,18-/m0/s1. The normalized spacial score (nSPS) is 27.1. The van der Waals surface area contributed by atoms with Gasteiger partial charge in [0, 0.05) is 29.8 Å². The first-order valence-corrected chi connectivity index (χ1v) is 10.9. The average molecular weight is 382 g/mol. The molecular formula is C21H22N2O3S. The summed E-state index contributed by atoms with van der Waals surface area (Å²) in [7, 11) is -2.00. The molecule has 0 aromatic heterocycles. The Balaban J connectivity index is 1.51. The molecule has 3 aliphatic rings. The van der Waals surface area contributed by atoms with E-state index >= 15 is 0 Å². The molecule has 2 aliphatic carbocycles. The molecule has 5 rings (SSSR count). The summed E-state index contributed by atoms with van der Waals surface area (Å²) in [5.74, 6) is 1.33. The highest BCUT2D eigenvalue weighted by atomic mass is 32.2. The smallest absolute Gasteiger partial charge is 0.264 e. The summed E-state index contributed by atoms with van der Waals surface area (Å²) in [4.78, 5) is 13.1. The van der Waals surface area contributed by atoms with E-state index in [9.17, 15) is 13.2 Å². The van der Waals surface area contributed by atoms with Gasteiger partial charge in [-0.25, -0.2) is 8.42 Å². The lowest BCUT2D eigenvalue weighted by atomic mass is 9.94. The molecule has 2 saturated carbocycles. The molecule has 0 spiro atoms. The van der Waals surface area contributed by atoms with Crippen LogP contribution >= 0.6 is 0 Å². The topological polar surface area (TPSA) is 66.5 Å². The molecule has 0 unspecified atom stereocenters. The number of amides is 1. The van der Waals surface area contributed by atoms with Gasteiger partial charge in [-0.3, -0.25) is 9.10 Å². The highest BCUT2D eigenvalue weighted by Gasteiger charge is 2.40. The van der Waals surface area contributed by atoms with Crippen LogP contribution in [0.15, 0.2) is 47.4 Å². The van der Waals surface area contributed by atoms with Gasteiger partial charge in [0.2, 0.25) is 0 Å². The van der Waals surface area contributed by atoms with Crippen molar-refractivity contribution in [2.45, 2.75) is 36.6 Å². The van der Waals surface area contributed by atoms with Gasteiger partial charge < -0.3 is 5.32 Å². The Labute approximate surface area is 159 Å². The Morgan fingerprint density at radius 2 is 1.89 bits per heavy atom. The van der Waals surface area contributed by atoms with Crippen molar-refractivity contribution in [3.8, 4) is 11.1 Å². The summed E-state index contributed by atoms with van der Waals surface area (Å²) in [5.41, 5.74) is 2.62. The van der Waals surface area contributed by atoms with Crippen LogP contribution in [0.1, 0.15) is 36.0 Å². The van der Waals surface area contributed by atoms with Crippen molar-refractivity contribution < 1.29 is 13.2 Å². The molecule has 5 nitrogen and oxygen atoms in total. The number of rotatable bonds is 2. The van der Waals surface area contributed by atoms with Crippen LogP contribution in [0.4, 0.5) is 5.69 Å². The van der Waals surface area contributed by atoms with Crippen molar-refractivity contribution >= 4 is 21.6 Å². The van der Waals surface area contributed by atoms with Gasteiger partial charge in [0.15, 0.2) is 0 Å². The Hall–Kier alpha value is -2.34. The number of anilines is 1. The van der Waals surface area contributed by atoms with Gasteiger partial charge in [-0.05, 0) is 55.4 Å². The molecule has 2 aromatic carbocycles. The van der Waals surface area contributed by atoms with Gasteiger partial charge in [0.25, 0.3) is 15.9 Å². The monoisotopic (exact) mass is 382 g/mol. The fourth-order valence-corrected chi connectivity index (χ4v) is 6.45. The largest absolute Gasteiger partial charge is 0.349 e. The van der Waals surface area contributed by atoms with Crippen molar-refractivity contribution in [2.24, 2.45) is 11.8 Å². The number of nitrogens with one attached hydrogen (secondary N) is 1. The minimum absolute atomic E-state index is 0.0658. The van der Waals surface area contributed by atoms with E-state index in [1.807, 2.05) is 12.1 Å². The molecule has 0 radical (unpaired) electrons. The molecule has 2 bridgehead atoms. The van der Waals surface area contributed by atoms with Gasteiger partial charge in [-0.1, -0.05) is 24.6 Å². The first-order chi connectivity index (χ1) is 12.9. The Kier molecular flexibility index (Phi) is 3.63. The lowest BCUT2D eigenvalue weighted by molar-refractivity contribution is 0.0923. The van der Waals surface area contributed by atoms with Crippen molar-refractivity contribution in [2.75, 3.05) is 11.4 Å².